The number of aryl methyl sites for hydroxylation is 1. The van der Waals surface area contributed by atoms with Gasteiger partial charge in [-0.1, -0.05) is 6.07 Å². The lowest BCUT2D eigenvalue weighted by atomic mass is 10.4. The minimum Gasteiger partial charge on any atom is -0.345 e. The smallest absolute Gasteiger partial charge is 0.244 e. The zero-order chi connectivity index (χ0) is 13.1. The fraction of sp³-hybridized carbons (Fsp3) is 0.308. The van der Waals surface area contributed by atoms with Crippen molar-refractivity contribution in [1.82, 2.24) is 20.1 Å². The van der Waals surface area contributed by atoms with Crippen LogP contribution in [0.3, 0.4) is 0 Å². The molecular weight excluding hydrogens is 260 g/mol. The van der Waals surface area contributed by atoms with Crippen LogP contribution in [0.1, 0.15) is 22.9 Å². The normalized spacial score (nSPS) is 13.9. The third-order valence-corrected chi connectivity index (χ3v) is 3.89. The summed E-state index contributed by atoms with van der Waals surface area (Å²) in [5, 5.41) is 13.0. The number of rotatable bonds is 4. The third-order valence-electron chi connectivity index (χ3n) is 3.05. The average Bonchev–Trinajstić information content (AvgIpc) is 3.11. The number of nitrogens with zero attached hydrogens (tertiary/aromatic N) is 3. The molecule has 6 heteroatoms. The highest BCUT2D eigenvalue weighted by atomic mass is 32.1. The lowest BCUT2D eigenvalue weighted by Crippen LogP contribution is -2.22. The van der Waals surface area contributed by atoms with Crippen LogP contribution in [0.5, 0.6) is 0 Å². The molecule has 19 heavy (non-hydrogen) atoms. The maximum absolute atomic E-state index is 11.7. The molecule has 2 aromatic heterocycles. The topological polar surface area (TPSA) is 59.8 Å². The van der Waals surface area contributed by atoms with Crippen molar-refractivity contribution in [2.75, 3.05) is 0 Å². The Kier molecular flexibility index (Phi) is 3.41. The largest absolute Gasteiger partial charge is 0.345 e. The number of amides is 1. The van der Waals surface area contributed by atoms with E-state index in [0.29, 0.717) is 6.54 Å². The van der Waals surface area contributed by atoms with Gasteiger partial charge in [0, 0.05) is 23.9 Å². The fourth-order valence-electron chi connectivity index (χ4n) is 2.11. The molecule has 0 saturated carbocycles. The first-order valence-corrected chi connectivity index (χ1v) is 7.11. The first-order valence-electron chi connectivity index (χ1n) is 6.23. The summed E-state index contributed by atoms with van der Waals surface area (Å²) in [4.78, 5) is 12.8. The van der Waals surface area contributed by atoms with Crippen LogP contribution in [-0.2, 0) is 24.3 Å². The van der Waals surface area contributed by atoms with Crippen LogP contribution in [-0.4, -0.2) is 20.7 Å². The second-order valence-electron chi connectivity index (χ2n) is 4.35. The molecule has 1 aliphatic rings. The summed E-state index contributed by atoms with van der Waals surface area (Å²) in [5.74, 6) is 1.76. The molecule has 0 radical (unpaired) electrons. The summed E-state index contributed by atoms with van der Waals surface area (Å²) >= 11 is 1.60. The van der Waals surface area contributed by atoms with Crippen molar-refractivity contribution in [2.45, 2.75) is 25.9 Å². The molecule has 0 spiro atoms. The molecule has 0 unspecified atom stereocenters. The van der Waals surface area contributed by atoms with E-state index in [0.717, 1.165) is 35.9 Å². The van der Waals surface area contributed by atoms with E-state index < -0.39 is 0 Å². The summed E-state index contributed by atoms with van der Waals surface area (Å²) in [6, 6.07) is 3.93. The number of hydrogen-bond donors (Lipinski definition) is 1. The Bertz CT molecular complexity index is 600. The number of carbonyl (C=O) groups excluding carboxylic acids is 1. The van der Waals surface area contributed by atoms with Gasteiger partial charge in [0.25, 0.3) is 0 Å². The number of carbonyl (C=O) groups is 1. The van der Waals surface area contributed by atoms with Gasteiger partial charge in [0.15, 0.2) is 5.82 Å². The van der Waals surface area contributed by atoms with E-state index in [-0.39, 0.29) is 5.91 Å². The van der Waals surface area contributed by atoms with Gasteiger partial charge in [-0.2, -0.15) is 0 Å². The van der Waals surface area contributed by atoms with E-state index in [2.05, 4.69) is 20.1 Å². The van der Waals surface area contributed by atoms with Crippen LogP contribution in [0.2, 0.25) is 0 Å². The Morgan fingerprint density at radius 1 is 1.53 bits per heavy atom. The minimum atomic E-state index is -0.108. The molecule has 5 nitrogen and oxygen atoms in total. The Morgan fingerprint density at radius 2 is 2.47 bits per heavy atom. The molecule has 3 rings (SSSR count). The van der Waals surface area contributed by atoms with E-state index in [9.17, 15) is 4.79 Å². The molecule has 0 fully saturated rings. The van der Waals surface area contributed by atoms with Crippen molar-refractivity contribution >= 4 is 23.3 Å². The fourth-order valence-corrected chi connectivity index (χ4v) is 2.73. The van der Waals surface area contributed by atoms with Gasteiger partial charge in [0.2, 0.25) is 5.91 Å². The van der Waals surface area contributed by atoms with Gasteiger partial charge in [0.05, 0.1) is 6.54 Å². The maximum atomic E-state index is 11.7. The van der Waals surface area contributed by atoms with Crippen molar-refractivity contribution in [3.63, 3.8) is 0 Å². The predicted molar refractivity (Wildman–Crippen MR) is 73.5 cm³/mol. The van der Waals surface area contributed by atoms with E-state index in [1.165, 1.54) is 0 Å². The Labute approximate surface area is 115 Å². The molecule has 0 aromatic carbocycles. The first-order chi connectivity index (χ1) is 9.33. The highest BCUT2D eigenvalue weighted by molar-refractivity contribution is 7.10. The highest BCUT2D eigenvalue weighted by Crippen LogP contribution is 2.13. The molecule has 0 atom stereocenters. The quantitative estimate of drug-likeness (QED) is 0.862. The van der Waals surface area contributed by atoms with Crippen LogP contribution >= 0.6 is 11.3 Å². The third kappa shape index (κ3) is 2.73. The van der Waals surface area contributed by atoms with Crippen molar-refractivity contribution in [2.24, 2.45) is 0 Å². The Morgan fingerprint density at radius 3 is 3.32 bits per heavy atom. The predicted octanol–water partition coefficient (Wildman–Crippen LogP) is 1.62. The summed E-state index contributed by atoms with van der Waals surface area (Å²) in [5.41, 5.74) is 0. The molecule has 3 heterocycles. The summed E-state index contributed by atoms with van der Waals surface area (Å²) < 4.78 is 2.09. The lowest BCUT2D eigenvalue weighted by molar-refractivity contribution is -0.116. The molecule has 1 N–H and O–H groups in total. The monoisotopic (exact) mass is 274 g/mol. The molecule has 2 aromatic rings. The van der Waals surface area contributed by atoms with Crippen LogP contribution in [0.4, 0.5) is 0 Å². The average molecular weight is 274 g/mol. The van der Waals surface area contributed by atoms with Crippen LogP contribution in [0.15, 0.2) is 23.6 Å². The van der Waals surface area contributed by atoms with Crippen LogP contribution < -0.4 is 5.32 Å². The Balaban J connectivity index is 1.56. The number of nitrogens with one attached hydrogen (secondary N) is 1. The van der Waals surface area contributed by atoms with E-state index in [1.807, 2.05) is 23.6 Å². The second kappa shape index (κ2) is 5.36. The van der Waals surface area contributed by atoms with E-state index in [4.69, 9.17) is 0 Å². The molecule has 0 saturated heterocycles. The SMILES string of the molecule is O=C(/C=C/c1cccs1)NCc1nnc2n1CCC2. The zero-order valence-electron chi connectivity index (χ0n) is 10.4. The van der Waals surface area contributed by atoms with E-state index in [1.54, 1.807) is 17.4 Å². The van der Waals surface area contributed by atoms with Gasteiger partial charge in [-0.3, -0.25) is 4.79 Å². The summed E-state index contributed by atoms with van der Waals surface area (Å²) in [6.07, 6.45) is 5.46. The molecule has 0 aliphatic carbocycles. The van der Waals surface area contributed by atoms with Gasteiger partial charge in [-0.15, -0.1) is 21.5 Å². The zero-order valence-corrected chi connectivity index (χ0v) is 11.2. The standard InChI is InChI=1S/C13H14N4OS/c18-13(6-5-10-3-2-8-19-10)14-9-12-16-15-11-4-1-7-17(11)12/h2-3,5-6,8H,1,4,7,9H2,(H,14,18)/b6-5+. The number of fused-ring (bicyclic) bond motifs is 1. The molecule has 98 valence electrons. The van der Waals surface area contributed by atoms with E-state index >= 15 is 0 Å². The minimum absolute atomic E-state index is 0.108. The first kappa shape index (κ1) is 12.1. The molecular formula is C13H14N4OS. The molecule has 1 amide bonds. The molecule has 0 bridgehead atoms. The van der Waals surface area contributed by atoms with Gasteiger partial charge in [-0.05, 0) is 23.9 Å². The van der Waals surface area contributed by atoms with Crippen LogP contribution in [0, 0.1) is 0 Å². The van der Waals surface area contributed by atoms with Gasteiger partial charge < -0.3 is 9.88 Å². The maximum Gasteiger partial charge on any atom is 0.244 e. The summed E-state index contributed by atoms with van der Waals surface area (Å²) in [7, 11) is 0. The Hall–Kier alpha value is -1.95. The number of hydrogen-bond acceptors (Lipinski definition) is 4. The molecule has 1 aliphatic heterocycles. The van der Waals surface area contributed by atoms with Crippen molar-refractivity contribution < 1.29 is 4.79 Å². The summed E-state index contributed by atoms with van der Waals surface area (Å²) in [6.45, 7) is 1.39. The van der Waals surface area contributed by atoms with Crippen molar-refractivity contribution in [3.05, 3.63) is 40.1 Å². The number of thiophene rings is 1. The lowest BCUT2D eigenvalue weighted by Gasteiger charge is -2.03. The van der Waals surface area contributed by atoms with Gasteiger partial charge in [-0.25, -0.2) is 0 Å². The van der Waals surface area contributed by atoms with Gasteiger partial charge >= 0.3 is 0 Å². The van der Waals surface area contributed by atoms with Crippen molar-refractivity contribution in [1.29, 1.82) is 0 Å². The number of aromatic nitrogens is 3. The highest BCUT2D eigenvalue weighted by Gasteiger charge is 2.16. The van der Waals surface area contributed by atoms with Gasteiger partial charge in [0.1, 0.15) is 5.82 Å². The second-order valence-corrected chi connectivity index (χ2v) is 5.33. The van der Waals surface area contributed by atoms with Crippen LogP contribution in [0.25, 0.3) is 6.08 Å². The van der Waals surface area contributed by atoms with Crippen molar-refractivity contribution in [3.8, 4) is 0 Å².